The molecule has 6 rings (SSSR count). The van der Waals surface area contributed by atoms with Gasteiger partial charge in [-0.05, 0) is 93.6 Å². The van der Waals surface area contributed by atoms with Crippen LogP contribution in [-0.4, -0.2) is 27.0 Å². The monoisotopic (exact) mass is 653 g/mol. The lowest BCUT2D eigenvalue weighted by molar-refractivity contribution is -0.758. The van der Waals surface area contributed by atoms with Crippen LogP contribution in [0.3, 0.4) is 0 Å². The maximum atomic E-state index is 8.42. The van der Waals surface area contributed by atoms with Crippen molar-refractivity contribution in [3.63, 3.8) is 0 Å². The normalized spacial score (nSPS) is 10.2. The zero-order chi connectivity index (χ0) is 35.1. The van der Waals surface area contributed by atoms with Crippen LogP contribution in [0, 0.1) is 0 Å². The van der Waals surface area contributed by atoms with Crippen LogP contribution in [0.1, 0.15) is 20.8 Å². The summed E-state index contributed by atoms with van der Waals surface area (Å²) in [7, 11) is -2.92. The molecule has 0 aromatic heterocycles. The number of nitrogens with one attached hydrogen (secondary N) is 3. The maximum Gasteiger partial charge on any atom is 0.136 e. The van der Waals surface area contributed by atoms with Crippen molar-refractivity contribution in [3.05, 3.63) is 182 Å². The lowest BCUT2D eigenvalue weighted by Gasteiger charge is -2.35. The van der Waals surface area contributed by atoms with Gasteiger partial charge in [-0.15, -0.1) is 0 Å². The van der Waals surface area contributed by atoms with Crippen LogP contribution >= 0.6 is 0 Å². The van der Waals surface area contributed by atoms with Gasteiger partial charge in [0.1, 0.15) is 34.1 Å². The van der Waals surface area contributed by atoms with Crippen LogP contribution in [0.5, 0.6) is 0 Å². The van der Waals surface area contributed by atoms with Gasteiger partial charge in [-0.2, -0.15) is 0 Å². The second-order valence-corrected chi connectivity index (χ2v) is 11.0. The van der Waals surface area contributed by atoms with Crippen LogP contribution < -0.4 is 29.8 Å². The molecule has 0 aliphatic heterocycles. The molecule has 0 heterocycles. The summed E-state index contributed by atoms with van der Waals surface area (Å²) in [6.07, 6.45) is 0. The van der Waals surface area contributed by atoms with Crippen LogP contribution in [-0.2, 0) is 0 Å². The minimum absolute atomic E-state index is 1.06. The van der Waals surface area contributed by atoms with Crippen molar-refractivity contribution in [2.24, 2.45) is 0 Å². The van der Waals surface area contributed by atoms with Gasteiger partial charge in [0.15, 0.2) is 0 Å². The van der Waals surface area contributed by atoms with Crippen LogP contribution in [0.15, 0.2) is 182 Å². The molecule has 6 nitrogen and oxygen atoms in total. The van der Waals surface area contributed by atoms with Crippen molar-refractivity contribution in [3.8, 4) is 0 Å². The average Bonchev–Trinajstić information content (AvgIpc) is 3.16. The fraction of sp³-hybridized carbons (Fsp3) is 0.143. The molecule has 0 aliphatic rings. The van der Waals surface area contributed by atoms with E-state index in [1.165, 1.54) is 48.8 Å². The van der Waals surface area contributed by atoms with Crippen molar-refractivity contribution < 1.29 is 29.8 Å². The second-order valence-electron chi connectivity index (χ2n) is 11.0. The van der Waals surface area contributed by atoms with Gasteiger partial charge in [-0.1, -0.05) is 109 Å². The predicted octanol–water partition coefficient (Wildman–Crippen LogP) is 3.72. The van der Waals surface area contributed by atoms with E-state index in [4.69, 9.17) is 15.1 Å². The molecule has 0 saturated carbocycles. The minimum Gasteiger partial charge on any atom is -0.907 e. The van der Waals surface area contributed by atoms with Gasteiger partial charge in [0.05, 0.1) is 19.6 Å². The Morgan fingerprint density at radius 2 is 0.429 bits per heavy atom. The van der Waals surface area contributed by atoms with E-state index in [2.05, 4.69) is 203 Å². The second kappa shape index (κ2) is 22.7. The van der Waals surface area contributed by atoms with Gasteiger partial charge in [-0.25, -0.2) is 0 Å². The fourth-order valence-corrected chi connectivity index (χ4v) is 5.56. The number of para-hydroxylation sites is 6. The molecule has 0 fully saturated rings. The number of benzene rings is 6. The predicted molar refractivity (Wildman–Crippen MR) is 197 cm³/mol. The smallest absolute Gasteiger partial charge is 0.136 e. The lowest BCUT2D eigenvalue weighted by Crippen LogP contribution is -3.01. The Labute approximate surface area is 293 Å². The quantitative estimate of drug-likeness (QED) is 0.208. The Morgan fingerprint density at radius 1 is 0.306 bits per heavy atom. The highest BCUT2D eigenvalue weighted by Gasteiger charge is 2.13. The summed E-state index contributed by atoms with van der Waals surface area (Å²) in [5.74, 6) is 0. The molecule has 0 amide bonds. The summed E-state index contributed by atoms with van der Waals surface area (Å²) in [5.41, 5.74) is 7.95. The van der Waals surface area contributed by atoms with E-state index in [9.17, 15) is 0 Å². The van der Waals surface area contributed by atoms with Gasteiger partial charge in [0, 0.05) is 0 Å². The first-order chi connectivity index (χ1) is 24.0. The van der Waals surface area contributed by atoms with Crippen LogP contribution in [0.4, 0.5) is 34.1 Å². The summed E-state index contributed by atoms with van der Waals surface area (Å²) in [6.45, 7) is 9.80. The molecule has 252 valence electrons. The third-order valence-corrected chi connectivity index (χ3v) is 7.79. The van der Waals surface area contributed by atoms with E-state index in [1.807, 2.05) is 0 Å². The standard InChI is InChI=1S/3C14H15N.BO3/c3*1-2-15(13-9-5-3-6-10-13)14-11-7-4-8-12-14;2-1(3)4/h3*3-12H,2H2,1H3;/q;;;-3/p+3. The summed E-state index contributed by atoms with van der Waals surface area (Å²) >= 11 is 0. The molecule has 6 aromatic rings. The van der Waals surface area contributed by atoms with Crippen molar-refractivity contribution in [1.82, 2.24) is 0 Å². The van der Waals surface area contributed by atoms with Gasteiger partial charge in [0.25, 0.3) is 0 Å². The number of quaternary nitrogens is 3. The Balaban J connectivity index is 0.000000188. The molecular weight excluding hydrogens is 605 g/mol. The topological polar surface area (TPSA) is 82.5 Å². The largest absolute Gasteiger partial charge is 0.907 e. The van der Waals surface area contributed by atoms with Crippen molar-refractivity contribution in [1.29, 1.82) is 0 Å². The summed E-state index contributed by atoms with van der Waals surface area (Å²) in [4.78, 5) is 4.24. The summed E-state index contributed by atoms with van der Waals surface area (Å²) in [6, 6.07) is 63.5. The molecule has 0 atom stereocenters. The van der Waals surface area contributed by atoms with E-state index >= 15 is 0 Å². The molecule has 6 aromatic carbocycles. The zero-order valence-electron chi connectivity index (χ0n) is 28.7. The third-order valence-electron chi connectivity index (χ3n) is 7.79. The van der Waals surface area contributed by atoms with Gasteiger partial charge >= 0.3 is 0 Å². The minimum atomic E-state index is -2.92. The van der Waals surface area contributed by atoms with Gasteiger partial charge < -0.3 is 15.1 Å². The number of hydrogen-bond acceptors (Lipinski definition) is 3. The Kier molecular flexibility index (Phi) is 17.9. The van der Waals surface area contributed by atoms with Crippen molar-refractivity contribution >= 4 is 41.4 Å². The van der Waals surface area contributed by atoms with Gasteiger partial charge in [0.2, 0.25) is 0 Å². The van der Waals surface area contributed by atoms with Crippen LogP contribution in [0.2, 0.25) is 0 Å². The molecule has 0 saturated heterocycles. The SMILES string of the molecule is CC[NH+](c1ccccc1)c1ccccc1.CC[NH+](c1ccccc1)c1ccccc1.CC[NH+](c1ccccc1)c1ccccc1.[O-]B([O-])[O-]. The molecule has 49 heavy (non-hydrogen) atoms. The molecule has 0 unspecified atom stereocenters. The maximum absolute atomic E-state index is 8.42. The molecule has 3 N–H and O–H groups in total. The first-order valence-corrected chi connectivity index (χ1v) is 16.9. The van der Waals surface area contributed by atoms with Crippen LogP contribution in [0.25, 0.3) is 0 Å². The first kappa shape index (κ1) is 38.6. The lowest BCUT2D eigenvalue weighted by atomic mass is 10.2. The highest BCUT2D eigenvalue weighted by atomic mass is 16.5. The Hall–Kier alpha value is -4.86. The molecule has 0 bridgehead atoms. The van der Waals surface area contributed by atoms with E-state index in [1.54, 1.807) is 0 Å². The zero-order valence-corrected chi connectivity index (χ0v) is 28.7. The number of rotatable bonds is 9. The fourth-order valence-electron chi connectivity index (χ4n) is 5.56. The highest BCUT2D eigenvalue weighted by Crippen LogP contribution is 2.08. The van der Waals surface area contributed by atoms with Crippen molar-refractivity contribution in [2.45, 2.75) is 20.8 Å². The van der Waals surface area contributed by atoms with Crippen molar-refractivity contribution in [2.75, 3.05) is 19.6 Å². The summed E-state index contributed by atoms with van der Waals surface area (Å²) < 4.78 is 0. The Morgan fingerprint density at radius 3 is 0.531 bits per heavy atom. The first-order valence-electron chi connectivity index (χ1n) is 16.9. The average molecular weight is 654 g/mol. The van der Waals surface area contributed by atoms with E-state index in [0.717, 1.165) is 19.6 Å². The number of hydrogen-bond donors (Lipinski definition) is 3. The third kappa shape index (κ3) is 13.7. The Bertz CT molecular complexity index is 1330. The molecule has 0 spiro atoms. The molecule has 7 heteroatoms. The van der Waals surface area contributed by atoms with E-state index in [-0.39, 0.29) is 0 Å². The highest BCUT2D eigenvalue weighted by molar-refractivity contribution is 6.24. The van der Waals surface area contributed by atoms with Gasteiger partial charge in [-0.3, -0.25) is 22.0 Å². The molecule has 0 aliphatic carbocycles. The summed E-state index contributed by atoms with van der Waals surface area (Å²) in [5, 5.41) is 25.2. The molecular formula is C42H48BN3O3. The molecule has 0 radical (unpaired) electrons. The van der Waals surface area contributed by atoms with E-state index in [0.29, 0.717) is 0 Å². The van der Waals surface area contributed by atoms with E-state index < -0.39 is 7.32 Å².